The lowest BCUT2D eigenvalue weighted by Gasteiger charge is -2.39. The number of hydrogen-bond acceptors (Lipinski definition) is 10. The van der Waals surface area contributed by atoms with Gasteiger partial charge in [-0.2, -0.15) is 0 Å². The van der Waals surface area contributed by atoms with Crippen LogP contribution in [0.5, 0.6) is 17.2 Å². The van der Waals surface area contributed by atoms with Crippen LogP contribution in [-0.4, -0.2) is 68.0 Å². The molecule has 1 fully saturated rings. The molecule has 0 radical (unpaired) electrons. The third kappa shape index (κ3) is 3.82. The van der Waals surface area contributed by atoms with Gasteiger partial charge < -0.3 is 44.5 Å². The van der Waals surface area contributed by atoms with Gasteiger partial charge in [-0.05, 0) is 17.7 Å². The van der Waals surface area contributed by atoms with Gasteiger partial charge in [-0.3, -0.25) is 4.79 Å². The number of hydrogen-bond donors (Lipinski definition) is 6. The van der Waals surface area contributed by atoms with Crippen LogP contribution in [0.3, 0.4) is 0 Å². The molecule has 31 heavy (non-hydrogen) atoms. The Labute approximate surface area is 174 Å². The zero-order chi connectivity index (χ0) is 22.3. The Hall–Kier alpha value is -3.15. The number of rotatable bonds is 4. The molecule has 4 rings (SSSR count). The highest BCUT2D eigenvalue weighted by atomic mass is 16.7. The summed E-state index contributed by atoms with van der Waals surface area (Å²) in [5.41, 5.74) is 0.146. The van der Waals surface area contributed by atoms with Crippen LogP contribution >= 0.6 is 0 Å². The maximum atomic E-state index is 12.8. The van der Waals surface area contributed by atoms with Gasteiger partial charge in [0.15, 0.2) is 0 Å². The maximum absolute atomic E-state index is 12.8. The zero-order valence-electron chi connectivity index (χ0n) is 16.0. The summed E-state index contributed by atoms with van der Waals surface area (Å²) < 4.78 is 16.2. The first-order chi connectivity index (χ1) is 14.8. The minimum atomic E-state index is -1.57. The number of phenolic OH excluding ortho intramolecular Hbond substituents is 2. The second-order valence-corrected chi connectivity index (χ2v) is 7.16. The van der Waals surface area contributed by atoms with E-state index in [1.54, 1.807) is 0 Å². The van der Waals surface area contributed by atoms with Crippen LogP contribution in [0.4, 0.5) is 0 Å². The van der Waals surface area contributed by atoms with E-state index in [1.807, 2.05) is 0 Å². The van der Waals surface area contributed by atoms with Gasteiger partial charge in [0.05, 0.1) is 12.2 Å². The fraction of sp³-hybridized carbons (Fsp3) is 0.286. The van der Waals surface area contributed by atoms with Crippen molar-refractivity contribution in [1.29, 1.82) is 0 Å². The van der Waals surface area contributed by atoms with Crippen molar-refractivity contribution in [2.75, 3.05) is 6.61 Å². The molecule has 10 nitrogen and oxygen atoms in total. The van der Waals surface area contributed by atoms with E-state index >= 15 is 0 Å². The summed E-state index contributed by atoms with van der Waals surface area (Å²) in [7, 11) is 0. The van der Waals surface area contributed by atoms with Gasteiger partial charge >= 0.3 is 0 Å². The third-order valence-electron chi connectivity index (χ3n) is 5.11. The van der Waals surface area contributed by atoms with Gasteiger partial charge in [-0.1, -0.05) is 12.1 Å². The average Bonchev–Trinajstić information content (AvgIpc) is 2.74. The lowest BCUT2D eigenvalue weighted by atomic mass is 9.99. The van der Waals surface area contributed by atoms with Crippen LogP contribution in [0, 0.1) is 0 Å². The van der Waals surface area contributed by atoms with Crippen LogP contribution in [0.25, 0.3) is 22.1 Å². The van der Waals surface area contributed by atoms with E-state index in [1.165, 1.54) is 36.6 Å². The summed E-state index contributed by atoms with van der Waals surface area (Å²) in [6, 6.07) is 8.30. The summed E-state index contributed by atoms with van der Waals surface area (Å²) in [6.07, 6.45) is -5.84. The lowest BCUT2D eigenvalue weighted by Crippen LogP contribution is -2.60. The van der Waals surface area contributed by atoms with Gasteiger partial charge in [0.2, 0.25) is 11.7 Å². The highest BCUT2D eigenvalue weighted by Gasteiger charge is 2.44. The first kappa shape index (κ1) is 21.1. The second-order valence-electron chi connectivity index (χ2n) is 7.16. The van der Waals surface area contributed by atoms with Crippen molar-refractivity contribution in [3.8, 4) is 28.4 Å². The van der Waals surface area contributed by atoms with Crippen molar-refractivity contribution in [2.24, 2.45) is 0 Å². The van der Waals surface area contributed by atoms with Gasteiger partial charge in [-0.25, -0.2) is 0 Å². The van der Waals surface area contributed by atoms with Crippen LogP contribution in [0.2, 0.25) is 0 Å². The minimum absolute atomic E-state index is 0.0359. The zero-order valence-corrected chi connectivity index (χ0v) is 16.0. The van der Waals surface area contributed by atoms with Crippen LogP contribution < -0.4 is 10.2 Å². The fourth-order valence-electron chi connectivity index (χ4n) is 3.43. The average molecular weight is 432 g/mol. The molecule has 3 unspecified atom stereocenters. The summed E-state index contributed by atoms with van der Waals surface area (Å²) in [6.45, 7) is -0.577. The molecule has 0 amide bonds. The van der Waals surface area contributed by atoms with Crippen LogP contribution in [-0.2, 0) is 4.74 Å². The molecule has 1 aliphatic rings. The van der Waals surface area contributed by atoms with Crippen molar-refractivity contribution in [3.63, 3.8) is 0 Å². The smallest absolute Gasteiger partial charge is 0.229 e. The Morgan fingerprint density at radius 1 is 0.968 bits per heavy atom. The van der Waals surface area contributed by atoms with Crippen molar-refractivity contribution >= 4 is 11.0 Å². The first-order valence-corrected chi connectivity index (χ1v) is 9.35. The lowest BCUT2D eigenvalue weighted by molar-refractivity contribution is -0.277. The highest BCUT2D eigenvalue weighted by molar-refractivity contribution is 5.88. The summed E-state index contributed by atoms with van der Waals surface area (Å²) in [5, 5.41) is 58.4. The Kier molecular flexibility index (Phi) is 5.56. The summed E-state index contributed by atoms with van der Waals surface area (Å²) >= 11 is 0. The summed E-state index contributed by atoms with van der Waals surface area (Å²) in [5.74, 6) is -0.421. The molecule has 3 aromatic rings. The van der Waals surface area contributed by atoms with Gasteiger partial charge in [0, 0.05) is 12.1 Å². The topological polar surface area (TPSA) is 170 Å². The molecule has 10 heteroatoms. The Morgan fingerprint density at radius 2 is 1.68 bits per heavy atom. The Bertz CT molecular complexity index is 1140. The molecule has 0 saturated carbocycles. The quantitative estimate of drug-likeness (QED) is 0.331. The minimum Gasteiger partial charge on any atom is -0.508 e. The molecule has 2 aromatic carbocycles. The van der Waals surface area contributed by atoms with E-state index in [9.17, 15) is 35.4 Å². The molecule has 6 N–H and O–H groups in total. The van der Waals surface area contributed by atoms with Crippen LogP contribution in [0.15, 0.2) is 51.9 Å². The molecular formula is C21H20O10. The van der Waals surface area contributed by atoms with E-state index in [4.69, 9.17) is 13.9 Å². The van der Waals surface area contributed by atoms with Crippen molar-refractivity contribution in [3.05, 3.63) is 52.9 Å². The van der Waals surface area contributed by atoms with E-state index in [-0.39, 0.29) is 28.0 Å². The number of phenols is 2. The predicted molar refractivity (Wildman–Crippen MR) is 106 cm³/mol. The predicted octanol–water partition coefficient (Wildman–Crippen LogP) is 0.0499. The van der Waals surface area contributed by atoms with Crippen molar-refractivity contribution in [2.45, 2.75) is 30.7 Å². The molecule has 1 aromatic heterocycles. The Balaban J connectivity index is 1.59. The summed E-state index contributed by atoms with van der Waals surface area (Å²) in [4.78, 5) is 12.8. The number of aliphatic hydroxyl groups excluding tert-OH is 4. The van der Waals surface area contributed by atoms with Gasteiger partial charge in [0.25, 0.3) is 0 Å². The normalized spacial score (nSPS) is 26.1. The van der Waals surface area contributed by atoms with Crippen molar-refractivity contribution < 1.29 is 44.5 Å². The maximum Gasteiger partial charge on any atom is 0.229 e. The van der Waals surface area contributed by atoms with E-state index in [0.29, 0.717) is 5.56 Å². The number of fused-ring (bicyclic) bond motifs is 1. The number of ether oxygens (including phenoxy) is 2. The molecule has 0 spiro atoms. The van der Waals surface area contributed by atoms with Gasteiger partial charge in [0.1, 0.15) is 58.9 Å². The Morgan fingerprint density at radius 3 is 2.35 bits per heavy atom. The van der Waals surface area contributed by atoms with Crippen LogP contribution in [0.1, 0.15) is 0 Å². The second kappa shape index (κ2) is 8.17. The fourth-order valence-corrected chi connectivity index (χ4v) is 3.43. The van der Waals surface area contributed by atoms with E-state index in [2.05, 4.69) is 0 Å². The standard InChI is InChI=1S/C21H20O10/c22-7-15-18(26)19(27)20(28)21(31-15)30-11-3-1-9(2-4-11)12-8-29-14-6-10(23)5-13(24)16(14)17(12)25/h1-6,8,15,18-24,26-28H,7H2/t15-,18?,19+,20?,21?/m1/s1. The number of benzene rings is 2. The van der Waals surface area contributed by atoms with E-state index < -0.39 is 48.5 Å². The molecule has 164 valence electrons. The van der Waals surface area contributed by atoms with Gasteiger partial charge in [-0.15, -0.1) is 0 Å². The third-order valence-corrected chi connectivity index (χ3v) is 5.11. The monoisotopic (exact) mass is 432 g/mol. The van der Waals surface area contributed by atoms with E-state index in [0.717, 1.165) is 6.07 Å². The molecule has 1 aliphatic heterocycles. The molecule has 0 aliphatic carbocycles. The number of aliphatic hydroxyl groups is 4. The highest BCUT2D eigenvalue weighted by Crippen LogP contribution is 2.30. The largest absolute Gasteiger partial charge is 0.508 e. The first-order valence-electron chi connectivity index (χ1n) is 9.35. The molecule has 2 heterocycles. The SMILES string of the molecule is O=c1c(-c2ccc(OC3O[C@H](CO)C(O)[C@H](O)C3O)cc2)coc2cc(O)cc(O)c12. The molecule has 0 bridgehead atoms. The molecule has 5 atom stereocenters. The molecule has 1 saturated heterocycles. The number of aromatic hydroxyl groups is 2. The molecular weight excluding hydrogens is 412 g/mol. The van der Waals surface area contributed by atoms with Crippen molar-refractivity contribution in [1.82, 2.24) is 0 Å².